The molecule has 1 heterocycles. The fourth-order valence-corrected chi connectivity index (χ4v) is 2.78. The Kier molecular flexibility index (Phi) is 3.92. The Labute approximate surface area is 116 Å². The van der Waals surface area contributed by atoms with Crippen molar-refractivity contribution in [3.63, 3.8) is 0 Å². The molecule has 6 heteroatoms. The average Bonchev–Trinajstić information content (AvgIpc) is 2.85. The van der Waals surface area contributed by atoms with Gasteiger partial charge in [0.25, 0.3) is 0 Å². The van der Waals surface area contributed by atoms with E-state index >= 15 is 0 Å². The maximum Gasteiger partial charge on any atom is 0.417 e. The standard InChI is InChI=1S/C14H18F3N3/c1-2-9-4-3-7-20(9)10-5-6-12(14(15,16)17)11(8-10)13(18)19/h5-6,8-9H,2-4,7H2,1H3,(H3,18,19). The number of amidine groups is 1. The quantitative estimate of drug-likeness (QED) is 0.661. The van der Waals surface area contributed by atoms with Crippen LogP contribution in [0, 0.1) is 5.41 Å². The molecule has 0 spiro atoms. The van der Waals surface area contributed by atoms with Crippen LogP contribution in [0.5, 0.6) is 0 Å². The summed E-state index contributed by atoms with van der Waals surface area (Å²) in [6, 6.07) is 4.24. The number of halogens is 3. The van der Waals surface area contributed by atoms with Gasteiger partial charge in [-0.05, 0) is 37.5 Å². The van der Waals surface area contributed by atoms with Crippen molar-refractivity contribution in [3.05, 3.63) is 29.3 Å². The average molecular weight is 285 g/mol. The minimum atomic E-state index is -4.49. The highest BCUT2D eigenvalue weighted by atomic mass is 19.4. The molecule has 1 saturated heterocycles. The van der Waals surface area contributed by atoms with Crippen molar-refractivity contribution in [1.82, 2.24) is 0 Å². The summed E-state index contributed by atoms with van der Waals surface area (Å²) in [4.78, 5) is 2.10. The van der Waals surface area contributed by atoms with E-state index in [-0.39, 0.29) is 5.56 Å². The second-order valence-electron chi connectivity index (χ2n) is 5.04. The lowest BCUT2D eigenvalue weighted by Crippen LogP contribution is -2.29. The zero-order valence-corrected chi connectivity index (χ0v) is 11.3. The zero-order chi connectivity index (χ0) is 14.9. The minimum absolute atomic E-state index is 0.239. The van der Waals surface area contributed by atoms with Gasteiger partial charge in [0, 0.05) is 23.8 Å². The number of anilines is 1. The van der Waals surface area contributed by atoms with E-state index in [0.29, 0.717) is 11.7 Å². The number of nitrogens with zero attached hydrogens (tertiary/aromatic N) is 1. The Morgan fingerprint density at radius 3 is 2.70 bits per heavy atom. The van der Waals surface area contributed by atoms with Crippen LogP contribution in [0.1, 0.15) is 37.3 Å². The second-order valence-corrected chi connectivity index (χ2v) is 5.04. The Bertz CT molecular complexity index is 511. The van der Waals surface area contributed by atoms with Gasteiger partial charge >= 0.3 is 6.18 Å². The van der Waals surface area contributed by atoms with Crippen LogP contribution in [0.25, 0.3) is 0 Å². The molecular formula is C14H18F3N3. The molecule has 110 valence electrons. The Balaban J connectivity index is 2.43. The maximum absolute atomic E-state index is 12.9. The van der Waals surface area contributed by atoms with Crippen LogP contribution in [0.4, 0.5) is 18.9 Å². The smallest absolute Gasteiger partial charge is 0.384 e. The van der Waals surface area contributed by atoms with Gasteiger partial charge in [-0.15, -0.1) is 0 Å². The first-order chi connectivity index (χ1) is 9.34. The third-order valence-electron chi connectivity index (χ3n) is 3.78. The van der Waals surface area contributed by atoms with Gasteiger partial charge in [-0.3, -0.25) is 5.41 Å². The highest BCUT2D eigenvalue weighted by Crippen LogP contribution is 2.35. The van der Waals surface area contributed by atoms with Crippen LogP contribution in [-0.2, 0) is 6.18 Å². The molecule has 0 saturated carbocycles. The lowest BCUT2D eigenvalue weighted by atomic mass is 10.0. The van der Waals surface area contributed by atoms with Crippen molar-refractivity contribution in [3.8, 4) is 0 Å². The third-order valence-corrected chi connectivity index (χ3v) is 3.78. The van der Waals surface area contributed by atoms with Gasteiger partial charge in [0.15, 0.2) is 0 Å². The predicted octanol–water partition coefficient (Wildman–Crippen LogP) is 3.37. The highest BCUT2D eigenvalue weighted by Gasteiger charge is 2.35. The van der Waals surface area contributed by atoms with Gasteiger partial charge in [-0.2, -0.15) is 13.2 Å². The van der Waals surface area contributed by atoms with Crippen LogP contribution in [0.2, 0.25) is 0 Å². The first-order valence-corrected chi connectivity index (χ1v) is 6.67. The topological polar surface area (TPSA) is 53.1 Å². The number of rotatable bonds is 3. The van der Waals surface area contributed by atoms with E-state index in [9.17, 15) is 13.2 Å². The molecule has 1 fully saturated rings. The number of hydrogen-bond acceptors (Lipinski definition) is 2. The number of nitrogen functional groups attached to an aromatic ring is 1. The van der Waals surface area contributed by atoms with Crippen LogP contribution >= 0.6 is 0 Å². The summed E-state index contributed by atoms with van der Waals surface area (Å²) in [6.45, 7) is 2.90. The van der Waals surface area contributed by atoms with Crippen molar-refractivity contribution in [2.24, 2.45) is 5.73 Å². The summed E-state index contributed by atoms with van der Waals surface area (Å²) in [5.41, 5.74) is 4.94. The normalized spacial score (nSPS) is 19.4. The molecule has 3 N–H and O–H groups in total. The first-order valence-electron chi connectivity index (χ1n) is 6.67. The molecule has 0 radical (unpaired) electrons. The molecule has 1 unspecified atom stereocenters. The van der Waals surface area contributed by atoms with Gasteiger partial charge in [0.2, 0.25) is 0 Å². The molecule has 1 aliphatic rings. The summed E-state index contributed by atoms with van der Waals surface area (Å²) in [6.07, 6.45) is -1.45. The Morgan fingerprint density at radius 1 is 1.45 bits per heavy atom. The van der Waals surface area contributed by atoms with E-state index in [4.69, 9.17) is 11.1 Å². The van der Waals surface area contributed by atoms with E-state index in [1.165, 1.54) is 12.1 Å². The highest BCUT2D eigenvalue weighted by molar-refractivity contribution is 5.97. The first kappa shape index (κ1) is 14.7. The van der Waals surface area contributed by atoms with Crippen molar-refractivity contribution in [2.75, 3.05) is 11.4 Å². The van der Waals surface area contributed by atoms with Gasteiger partial charge in [0.05, 0.1) is 5.56 Å². The van der Waals surface area contributed by atoms with Crippen molar-refractivity contribution >= 4 is 11.5 Å². The van der Waals surface area contributed by atoms with E-state index in [1.54, 1.807) is 0 Å². The minimum Gasteiger partial charge on any atom is -0.384 e. The molecule has 20 heavy (non-hydrogen) atoms. The fourth-order valence-electron chi connectivity index (χ4n) is 2.78. The molecular weight excluding hydrogens is 267 g/mol. The number of nitrogens with two attached hydrogens (primary N) is 1. The summed E-state index contributed by atoms with van der Waals surface area (Å²) in [5.74, 6) is -0.550. The molecule has 0 bridgehead atoms. The molecule has 1 aromatic rings. The number of benzene rings is 1. The summed E-state index contributed by atoms with van der Waals surface area (Å²) >= 11 is 0. The summed E-state index contributed by atoms with van der Waals surface area (Å²) in [5, 5.41) is 7.38. The summed E-state index contributed by atoms with van der Waals surface area (Å²) in [7, 11) is 0. The third kappa shape index (κ3) is 2.73. The predicted molar refractivity (Wildman–Crippen MR) is 73.1 cm³/mol. The molecule has 2 rings (SSSR count). The van der Waals surface area contributed by atoms with Crippen molar-refractivity contribution in [1.29, 1.82) is 5.41 Å². The maximum atomic E-state index is 12.9. The molecule has 0 amide bonds. The van der Waals surface area contributed by atoms with Gasteiger partial charge in [-0.25, -0.2) is 0 Å². The van der Waals surface area contributed by atoms with Crippen molar-refractivity contribution < 1.29 is 13.2 Å². The van der Waals surface area contributed by atoms with Gasteiger partial charge in [0.1, 0.15) is 5.84 Å². The van der Waals surface area contributed by atoms with Gasteiger partial charge in [-0.1, -0.05) is 6.92 Å². The van der Waals surface area contributed by atoms with Crippen LogP contribution in [0.3, 0.4) is 0 Å². The number of nitrogens with one attached hydrogen (secondary N) is 1. The SMILES string of the molecule is CCC1CCCN1c1ccc(C(F)(F)F)c(C(=N)N)c1. The number of hydrogen-bond donors (Lipinski definition) is 2. The number of alkyl halides is 3. The van der Waals surface area contributed by atoms with Crippen LogP contribution in [-0.4, -0.2) is 18.4 Å². The van der Waals surface area contributed by atoms with Crippen molar-refractivity contribution in [2.45, 2.75) is 38.4 Å². The van der Waals surface area contributed by atoms with Crippen LogP contribution in [0.15, 0.2) is 18.2 Å². The lowest BCUT2D eigenvalue weighted by molar-refractivity contribution is -0.137. The van der Waals surface area contributed by atoms with E-state index < -0.39 is 17.6 Å². The largest absolute Gasteiger partial charge is 0.417 e. The monoisotopic (exact) mass is 285 g/mol. The molecule has 1 aromatic carbocycles. The molecule has 3 nitrogen and oxygen atoms in total. The zero-order valence-electron chi connectivity index (χ0n) is 11.3. The summed E-state index contributed by atoms with van der Waals surface area (Å²) < 4.78 is 38.7. The lowest BCUT2D eigenvalue weighted by Gasteiger charge is -2.27. The molecule has 0 aromatic heterocycles. The fraction of sp³-hybridized carbons (Fsp3) is 0.500. The molecule has 1 aliphatic heterocycles. The van der Waals surface area contributed by atoms with E-state index in [2.05, 4.69) is 11.8 Å². The Hall–Kier alpha value is -1.72. The second kappa shape index (κ2) is 5.34. The van der Waals surface area contributed by atoms with E-state index in [0.717, 1.165) is 31.9 Å². The molecule has 0 aliphatic carbocycles. The van der Waals surface area contributed by atoms with Gasteiger partial charge < -0.3 is 10.6 Å². The van der Waals surface area contributed by atoms with E-state index in [1.807, 2.05) is 0 Å². The van der Waals surface area contributed by atoms with Crippen LogP contribution < -0.4 is 10.6 Å². The molecule has 1 atom stereocenters. The Morgan fingerprint density at radius 2 is 2.15 bits per heavy atom.